The second kappa shape index (κ2) is 15.2. The molecule has 1 aliphatic carbocycles. The van der Waals surface area contributed by atoms with Gasteiger partial charge in [0.25, 0.3) is 0 Å². The van der Waals surface area contributed by atoms with Gasteiger partial charge in [0.05, 0.1) is 6.10 Å². The van der Waals surface area contributed by atoms with Crippen molar-refractivity contribution in [2.24, 2.45) is 5.92 Å². The minimum Gasteiger partial charge on any atom is -0.393 e. The van der Waals surface area contributed by atoms with Crippen molar-refractivity contribution in [1.82, 2.24) is 9.80 Å². The van der Waals surface area contributed by atoms with Crippen LogP contribution < -0.4 is 0 Å². The van der Waals surface area contributed by atoms with Crippen LogP contribution in [0.4, 0.5) is 0 Å². The quantitative estimate of drug-likeness (QED) is 0.778. The summed E-state index contributed by atoms with van der Waals surface area (Å²) in [6.07, 6.45) is 9.34. The van der Waals surface area contributed by atoms with E-state index in [1.807, 2.05) is 20.8 Å². The molecule has 3 nitrogen and oxygen atoms in total. The highest BCUT2D eigenvalue weighted by molar-refractivity contribution is 4.77. The lowest BCUT2D eigenvalue weighted by Crippen LogP contribution is -2.49. The van der Waals surface area contributed by atoms with Crippen LogP contribution in [0.3, 0.4) is 0 Å². The molecule has 1 atom stereocenters. The van der Waals surface area contributed by atoms with Crippen molar-refractivity contribution in [2.45, 2.75) is 98.6 Å². The fourth-order valence-corrected chi connectivity index (χ4v) is 3.61. The summed E-state index contributed by atoms with van der Waals surface area (Å²) in [6, 6.07) is 0.733. The average Bonchev–Trinajstić information content (AvgIpc) is 2.58. The van der Waals surface area contributed by atoms with Crippen LogP contribution in [0.1, 0.15) is 86.5 Å². The van der Waals surface area contributed by atoms with E-state index in [1.54, 1.807) is 0 Å². The zero-order valence-corrected chi connectivity index (χ0v) is 17.6. The van der Waals surface area contributed by atoms with E-state index in [-0.39, 0.29) is 6.10 Å². The Morgan fingerprint density at radius 3 is 1.83 bits per heavy atom. The molecule has 0 aromatic rings. The predicted octanol–water partition coefficient (Wildman–Crippen LogP) is 4.79. The molecule has 2 rings (SSSR count). The lowest BCUT2D eigenvalue weighted by atomic mass is 9.89. The molecule has 1 aliphatic heterocycles. The van der Waals surface area contributed by atoms with E-state index in [0.29, 0.717) is 0 Å². The first-order valence-corrected chi connectivity index (χ1v) is 10.7. The van der Waals surface area contributed by atoms with E-state index in [1.165, 1.54) is 64.8 Å². The van der Waals surface area contributed by atoms with Gasteiger partial charge in [0.1, 0.15) is 0 Å². The summed E-state index contributed by atoms with van der Waals surface area (Å²) in [5, 5.41) is 8.55. The van der Waals surface area contributed by atoms with Crippen LogP contribution in [-0.4, -0.2) is 59.8 Å². The van der Waals surface area contributed by atoms with E-state index in [9.17, 15) is 0 Å². The summed E-state index contributed by atoms with van der Waals surface area (Å²) in [5.41, 5.74) is 0. The minimum atomic E-state index is -0.102. The third-order valence-corrected chi connectivity index (χ3v) is 5.08. The highest BCUT2D eigenvalue weighted by Crippen LogP contribution is 2.24. The van der Waals surface area contributed by atoms with Crippen molar-refractivity contribution in [3.05, 3.63) is 0 Å². The molecular formula is C21H46N2O. The largest absolute Gasteiger partial charge is 0.393 e. The SMILES string of the molecule is CC.CC(C)N1CCN(CC2CCCCC2)CC1.CCCC(C)O. The van der Waals surface area contributed by atoms with Gasteiger partial charge in [0.2, 0.25) is 0 Å². The third kappa shape index (κ3) is 11.4. The Bertz CT molecular complexity index is 255. The van der Waals surface area contributed by atoms with Crippen LogP contribution in [0.5, 0.6) is 0 Å². The molecule has 2 aliphatic rings. The summed E-state index contributed by atoms with van der Waals surface area (Å²) in [4.78, 5) is 5.31. The van der Waals surface area contributed by atoms with Crippen LogP contribution in [0.15, 0.2) is 0 Å². The molecule has 24 heavy (non-hydrogen) atoms. The summed E-state index contributed by atoms with van der Waals surface area (Å²) >= 11 is 0. The highest BCUT2D eigenvalue weighted by Gasteiger charge is 2.22. The third-order valence-electron chi connectivity index (χ3n) is 5.08. The van der Waals surface area contributed by atoms with Crippen molar-refractivity contribution in [2.75, 3.05) is 32.7 Å². The monoisotopic (exact) mass is 342 g/mol. The normalized spacial score (nSPS) is 21.5. The Morgan fingerprint density at radius 2 is 1.46 bits per heavy atom. The van der Waals surface area contributed by atoms with Crippen molar-refractivity contribution in [3.8, 4) is 0 Å². The van der Waals surface area contributed by atoms with Gasteiger partial charge in [-0.25, -0.2) is 0 Å². The van der Waals surface area contributed by atoms with Gasteiger partial charge in [0, 0.05) is 38.8 Å². The molecule has 1 heterocycles. The van der Waals surface area contributed by atoms with Crippen LogP contribution >= 0.6 is 0 Å². The van der Waals surface area contributed by atoms with Crippen LogP contribution in [0.2, 0.25) is 0 Å². The number of aliphatic hydroxyl groups is 1. The van der Waals surface area contributed by atoms with Crippen LogP contribution in [-0.2, 0) is 0 Å². The number of nitrogens with zero attached hydrogens (tertiary/aromatic N) is 2. The molecule has 0 bridgehead atoms. The standard InChI is InChI=1S/C14H28N2.C5H12O.C2H6/c1-13(2)16-10-8-15(9-11-16)12-14-6-4-3-5-7-14;1-3-4-5(2)6;1-2/h13-14H,3-12H2,1-2H3;5-6H,3-4H2,1-2H3;1-2H3. The first kappa shape index (κ1) is 23.9. The number of aliphatic hydroxyl groups excluding tert-OH is 1. The topological polar surface area (TPSA) is 26.7 Å². The first-order valence-electron chi connectivity index (χ1n) is 10.7. The zero-order chi connectivity index (χ0) is 18.4. The molecule has 0 aromatic carbocycles. The molecule has 1 unspecified atom stereocenters. The number of rotatable bonds is 5. The number of hydrogen-bond donors (Lipinski definition) is 1. The maximum Gasteiger partial charge on any atom is 0.0512 e. The van der Waals surface area contributed by atoms with Gasteiger partial charge in [-0.15, -0.1) is 0 Å². The molecule has 2 fully saturated rings. The summed E-state index contributed by atoms with van der Waals surface area (Å²) < 4.78 is 0. The van der Waals surface area contributed by atoms with Crippen LogP contribution in [0.25, 0.3) is 0 Å². The maximum absolute atomic E-state index is 8.55. The van der Waals surface area contributed by atoms with E-state index in [2.05, 4.69) is 30.6 Å². The summed E-state index contributed by atoms with van der Waals surface area (Å²) in [7, 11) is 0. The smallest absolute Gasteiger partial charge is 0.0512 e. The molecule has 146 valence electrons. The average molecular weight is 343 g/mol. The van der Waals surface area contributed by atoms with Gasteiger partial charge >= 0.3 is 0 Å². The second-order valence-corrected chi connectivity index (χ2v) is 7.57. The van der Waals surface area contributed by atoms with E-state index >= 15 is 0 Å². The molecule has 1 N–H and O–H groups in total. The van der Waals surface area contributed by atoms with Gasteiger partial charge in [-0.05, 0) is 46.0 Å². The minimum absolute atomic E-state index is 0.102. The molecule has 0 aromatic heterocycles. The summed E-state index contributed by atoms with van der Waals surface area (Å²) in [5.74, 6) is 1.01. The Balaban J connectivity index is 0.000000563. The predicted molar refractivity (Wildman–Crippen MR) is 108 cm³/mol. The van der Waals surface area contributed by atoms with Crippen molar-refractivity contribution in [1.29, 1.82) is 0 Å². The number of hydrogen-bond acceptors (Lipinski definition) is 3. The van der Waals surface area contributed by atoms with E-state index < -0.39 is 0 Å². The fourth-order valence-electron chi connectivity index (χ4n) is 3.61. The Hall–Kier alpha value is -0.120. The Labute approximate surface area is 152 Å². The van der Waals surface area contributed by atoms with Crippen molar-refractivity contribution >= 4 is 0 Å². The molecule has 3 heteroatoms. The van der Waals surface area contributed by atoms with E-state index in [0.717, 1.165) is 24.8 Å². The van der Waals surface area contributed by atoms with Crippen LogP contribution in [0, 0.1) is 5.92 Å². The molecular weight excluding hydrogens is 296 g/mol. The van der Waals surface area contributed by atoms with Gasteiger partial charge in [-0.2, -0.15) is 0 Å². The molecule has 1 saturated carbocycles. The van der Waals surface area contributed by atoms with Gasteiger partial charge < -0.3 is 10.0 Å². The number of piperazine rings is 1. The van der Waals surface area contributed by atoms with Crippen molar-refractivity contribution in [3.63, 3.8) is 0 Å². The first-order chi connectivity index (χ1) is 11.5. The second-order valence-electron chi connectivity index (χ2n) is 7.57. The van der Waals surface area contributed by atoms with Crippen molar-refractivity contribution < 1.29 is 5.11 Å². The zero-order valence-electron chi connectivity index (χ0n) is 17.6. The lowest BCUT2D eigenvalue weighted by molar-refractivity contribution is 0.0909. The fraction of sp³-hybridized carbons (Fsp3) is 1.00. The summed E-state index contributed by atoms with van der Waals surface area (Å²) in [6.45, 7) is 19.0. The molecule has 0 radical (unpaired) electrons. The van der Waals surface area contributed by atoms with E-state index in [4.69, 9.17) is 5.11 Å². The molecule has 1 saturated heterocycles. The maximum atomic E-state index is 8.55. The lowest BCUT2D eigenvalue weighted by Gasteiger charge is -2.38. The Kier molecular flexibility index (Phi) is 15.1. The Morgan fingerprint density at radius 1 is 0.917 bits per heavy atom. The van der Waals surface area contributed by atoms with Gasteiger partial charge in [-0.1, -0.05) is 46.5 Å². The van der Waals surface area contributed by atoms with Gasteiger partial charge in [-0.3, -0.25) is 4.90 Å². The molecule has 0 spiro atoms. The highest BCUT2D eigenvalue weighted by atomic mass is 16.3. The molecule has 0 amide bonds. The van der Waals surface area contributed by atoms with Gasteiger partial charge in [0.15, 0.2) is 0 Å².